The van der Waals surface area contributed by atoms with Crippen molar-refractivity contribution in [2.75, 3.05) is 13.1 Å². The van der Waals surface area contributed by atoms with Gasteiger partial charge in [0, 0.05) is 16.5 Å². The zero-order chi connectivity index (χ0) is 31.2. The van der Waals surface area contributed by atoms with E-state index in [9.17, 15) is 28.8 Å². The maximum absolute atomic E-state index is 13.7. The van der Waals surface area contributed by atoms with Crippen LogP contribution in [0.3, 0.4) is 0 Å². The molecule has 12 nitrogen and oxygen atoms in total. The maximum atomic E-state index is 13.7. The Labute approximate surface area is 256 Å². The number of carbonyl (C=O) groups excluding carboxylic acids is 5. The average molecular weight is 609 g/mol. The van der Waals surface area contributed by atoms with E-state index in [1.54, 1.807) is 17.6 Å². The number of nitrogens with zero attached hydrogens (tertiary/aromatic N) is 3. The lowest BCUT2D eigenvalue weighted by Crippen LogP contribution is -2.49. The largest absolute Gasteiger partial charge is 0.457 e. The van der Waals surface area contributed by atoms with Gasteiger partial charge in [-0.15, -0.1) is 0 Å². The number of imide groups is 1. The molecule has 12 heteroatoms. The van der Waals surface area contributed by atoms with Crippen molar-refractivity contribution in [2.45, 2.75) is 38.5 Å². The Morgan fingerprint density at radius 2 is 1.80 bits per heavy atom. The van der Waals surface area contributed by atoms with Gasteiger partial charge in [0.25, 0.3) is 5.56 Å². The number of benzene rings is 1. The molecule has 1 N–H and O–H groups in total. The summed E-state index contributed by atoms with van der Waals surface area (Å²) < 4.78 is 12.7. The van der Waals surface area contributed by atoms with Gasteiger partial charge in [-0.1, -0.05) is 37.3 Å². The minimum atomic E-state index is -1.92. The molecule has 0 spiro atoms. The van der Waals surface area contributed by atoms with Crippen LogP contribution in [0.15, 0.2) is 53.3 Å². The molecule has 5 heterocycles. The second kappa shape index (κ2) is 9.68. The minimum absolute atomic E-state index is 0.0146. The number of esters is 2. The van der Waals surface area contributed by atoms with Crippen molar-refractivity contribution < 1.29 is 33.4 Å². The highest BCUT2D eigenvalue weighted by atomic mass is 16.6. The van der Waals surface area contributed by atoms with Crippen LogP contribution in [-0.4, -0.2) is 57.2 Å². The van der Waals surface area contributed by atoms with Gasteiger partial charge in [0.05, 0.1) is 40.8 Å². The van der Waals surface area contributed by atoms with Crippen molar-refractivity contribution in [2.24, 2.45) is 23.7 Å². The molecule has 3 amide bonds. The van der Waals surface area contributed by atoms with Gasteiger partial charge in [0.2, 0.25) is 23.3 Å². The van der Waals surface area contributed by atoms with Crippen LogP contribution in [-0.2, 0) is 52.2 Å². The van der Waals surface area contributed by atoms with Crippen LogP contribution in [0.1, 0.15) is 36.5 Å². The number of cyclic esters (lactones) is 1. The maximum Gasteiger partial charge on any atom is 0.355 e. The molecule has 1 saturated carbocycles. The fourth-order valence-electron chi connectivity index (χ4n) is 7.80. The van der Waals surface area contributed by atoms with Crippen LogP contribution in [0.2, 0.25) is 0 Å². The molecular weight excluding hydrogens is 580 g/mol. The van der Waals surface area contributed by atoms with E-state index in [-0.39, 0.29) is 53.4 Å². The van der Waals surface area contributed by atoms with Gasteiger partial charge in [-0.25, -0.2) is 9.78 Å². The van der Waals surface area contributed by atoms with Crippen LogP contribution < -0.4 is 10.9 Å². The number of hydrogen-bond acceptors (Lipinski definition) is 9. The number of para-hydroxylation sites is 1. The third-order valence-electron chi connectivity index (χ3n) is 9.97. The molecule has 5 aliphatic rings. The Morgan fingerprint density at radius 3 is 2.53 bits per heavy atom. The van der Waals surface area contributed by atoms with Crippen LogP contribution in [0.5, 0.6) is 0 Å². The molecule has 2 aromatic heterocycles. The summed E-state index contributed by atoms with van der Waals surface area (Å²) in [6.07, 6.45) is 4.68. The predicted octanol–water partition coefficient (Wildman–Crippen LogP) is 1.55. The van der Waals surface area contributed by atoms with E-state index in [4.69, 9.17) is 14.5 Å². The van der Waals surface area contributed by atoms with E-state index in [1.807, 2.05) is 42.5 Å². The standard InChI is InChI=1S/C33H28N4O8/c1-2-33(45-25(39)12-34-24(38)14-37-30(41)26-17-7-8-18(10-17)27(26)31(37)42)21-11-23-28-19(9-16-5-3-4-6-22(16)35-28)13-36(23)29(40)20(21)15-44-32(33)43/h3-9,11,17-18,26-27H,2,10,12-15H2,1H3,(H,34,38)/t17-,18+,26-,27+,33-/m0/s1. The SMILES string of the molecule is CC[C@@]1(OC(=O)CNC(=O)CN2C(=O)[C@@H]3[C@H](C2=O)[C@@H]2C=C[C@H]3C2)C(=O)OCc2c1cc1n(c2=O)Cc2cc3ccccc3nc2-1. The van der Waals surface area contributed by atoms with Crippen LogP contribution in [0, 0.1) is 23.7 Å². The van der Waals surface area contributed by atoms with Gasteiger partial charge in [0.15, 0.2) is 0 Å². The Hall–Kier alpha value is -5.13. The molecule has 5 atom stereocenters. The summed E-state index contributed by atoms with van der Waals surface area (Å²) in [5, 5.41) is 3.34. The van der Waals surface area contributed by atoms with Gasteiger partial charge in [-0.3, -0.25) is 28.9 Å². The molecule has 8 rings (SSSR count). The number of amides is 3. The Morgan fingerprint density at radius 1 is 1.07 bits per heavy atom. The first-order valence-corrected chi connectivity index (χ1v) is 15.1. The number of likely N-dealkylation sites (tertiary alicyclic amines) is 1. The lowest BCUT2D eigenvalue weighted by molar-refractivity contribution is -0.189. The number of hydrogen-bond donors (Lipinski definition) is 1. The molecule has 1 saturated heterocycles. The summed E-state index contributed by atoms with van der Waals surface area (Å²) in [6, 6.07) is 11.3. The normalized spacial score (nSPS) is 26.9. The Bertz CT molecular complexity index is 1950. The Balaban J connectivity index is 1.02. The smallest absolute Gasteiger partial charge is 0.355 e. The molecule has 45 heavy (non-hydrogen) atoms. The van der Waals surface area contributed by atoms with E-state index < -0.39 is 48.4 Å². The molecule has 2 fully saturated rings. The number of pyridine rings is 2. The summed E-state index contributed by atoms with van der Waals surface area (Å²) in [5.41, 5.74) is 0.853. The van der Waals surface area contributed by atoms with Crippen molar-refractivity contribution in [1.29, 1.82) is 0 Å². The summed E-state index contributed by atoms with van der Waals surface area (Å²) in [4.78, 5) is 84.4. The summed E-state index contributed by atoms with van der Waals surface area (Å²) in [5.74, 6) is -4.05. The first-order valence-electron chi connectivity index (χ1n) is 15.1. The van der Waals surface area contributed by atoms with Crippen LogP contribution >= 0.6 is 0 Å². The number of fused-ring (bicyclic) bond motifs is 10. The molecule has 2 aliphatic carbocycles. The summed E-state index contributed by atoms with van der Waals surface area (Å²) in [7, 11) is 0. The van der Waals surface area contributed by atoms with Crippen molar-refractivity contribution in [3.63, 3.8) is 0 Å². The van der Waals surface area contributed by atoms with Crippen molar-refractivity contribution in [3.8, 4) is 11.4 Å². The highest BCUT2D eigenvalue weighted by molar-refractivity contribution is 6.08. The highest BCUT2D eigenvalue weighted by Gasteiger charge is 2.59. The first-order chi connectivity index (χ1) is 21.7. The van der Waals surface area contributed by atoms with Crippen molar-refractivity contribution >= 4 is 40.6 Å². The fourth-order valence-corrected chi connectivity index (χ4v) is 7.80. The highest BCUT2D eigenvalue weighted by Crippen LogP contribution is 2.52. The molecule has 0 unspecified atom stereocenters. The first kappa shape index (κ1) is 27.4. The molecule has 0 radical (unpaired) electrons. The molecule has 3 aliphatic heterocycles. The molecule has 2 bridgehead atoms. The van der Waals surface area contributed by atoms with Gasteiger partial charge in [0.1, 0.15) is 19.7 Å². The average Bonchev–Trinajstić information content (AvgIpc) is 3.80. The van der Waals surface area contributed by atoms with Gasteiger partial charge in [-0.2, -0.15) is 0 Å². The third-order valence-corrected chi connectivity index (χ3v) is 9.97. The monoisotopic (exact) mass is 608 g/mol. The number of aromatic nitrogens is 2. The minimum Gasteiger partial charge on any atom is -0.457 e. The number of carbonyl (C=O) groups is 5. The number of nitrogens with one attached hydrogen (secondary N) is 1. The van der Waals surface area contributed by atoms with Gasteiger partial charge in [-0.05, 0) is 42.9 Å². The zero-order valence-electron chi connectivity index (χ0n) is 24.3. The number of allylic oxidation sites excluding steroid dienone is 2. The van der Waals surface area contributed by atoms with Gasteiger partial charge < -0.3 is 19.4 Å². The second-order valence-electron chi connectivity index (χ2n) is 12.3. The third kappa shape index (κ3) is 3.87. The lowest BCUT2D eigenvalue weighted by atomic mass is 9.85. The van der Waals surface area contributed by atoms with Crippen LogP contribution in [0.25, 0.3) is 22.3 Å². The van der Waals surface area contributed by atoms with E-state index in [0.29, 0.717) is 17.9 Å². The van der Waals surface area contributed by atoms with E-state index in [1.165, 1.54) is 0 Å². The number of ether oxygens (including phenoxy) is 2. The molecular formula is C33H28N4O8. The predicted molar refractivity (Wildman–Crippen MR) is 156 cm³/mol. The fraction of sp³-hybridized carbons (Fsp3) is 0.364. The number of rotatable bonds is 6. The molecule has 1 aromatic carbocycles. The quantitative estimate of drug-likeness (QED) is 0.195. The van der Waals surface area contributed by atoms with Gasteiger partial charge >= 0.3 is 11.9 Å². The zero-order valence-corrected chi connectivity index (χ0v) is 24.3. The van der Waals surface area contributed by atoms with E-state index in [2.05, 4.69) is 5.32 Å². The van der Waals surface area contributed by atoms with Crippen molar-refractivity contribution in [3.05, 3.63) is 75.6 Å². The Kier molecular flexibility index (Phi) is 5.90. The van der Waals surface area contributed by atoms with E-state index in [0.717, 1.165) is 27.8 Å². The second-order valence-corrected chi connectivity index (χ2v) is 12.3. The summed E-state index contributed by atoms with van der Waals surface area (Å²) >= 11 is 0. The lowest BCUT2D eigenvalue weighted by Gasteiger charge is -2.35. The summed E-state index contributed by atoms with van der Waals surface area (Å²) in [6.45, 7) is 0.530. The molecule has 3 aromatic rings. The van der Waals surface area contributed by atoms with Crippen molar-refractivity contribution in [1.82, 2.24) is 19.8 Å². The molecule has 228 valence electrons. The topological polar surface area (TPSA) is 154 Å². The van der Waals surface area contributed by atoms with Crippen LogP contribution in [0.4, 0.5) is 0 Å². The van der Waals surface area contributed by atoms with E-state index >= 15 is 0 Å².